The highest BCUT2D eigenvalue weighted by Crippen LogP contribution is 2.20. The van der Waals surface area contributed by atoms with Gasteiger partial charge in [0.1, 0.15) is 5.75 Å². The van der Waals surface area contributed by atoms with Crippen LogP contribution in [0.4, 0.5) is 5.95 Å². The minimum Gasteiger partial charge on any atom is -0.496 e. The number of esters is 1. The number of piperazine rings is 1. The SMILES string of the molecule is COc1ccc(C)cc1CC(=O)OCC(=O)N1CCN(c2ncccn2)CC1. The summed E-state index contributed by atoms with van der Waals surface area (Å²) >= 11 is 0. The van der Waals surface area contributed by atoms with Crippen molar-refractivity contribution in [3.63, 3.8) is 0 Å². The Morgan fingerprint density at radius 3 is 2.50 bits per heavy atom. The number of carbonyl (C=O) groups excluding carboxylic acids is 2. The van der Waals surface area contributed by atoms with Crippen molar-refractivity contribution in [2.45, 2.75) is 13.3 Å². The van der Waals surface area contributed by atoms with E-state index >= 15 is 0 Å². The molecular formula is C20H24N4O4. The van der Waals surface area contributed by atoms with E-state index in [4.69, 9.17) is 9.47 Å². The Bertz CT molecular complexity index is 820. The van der Waals surface area contributed by atoms with Crippen LogP contribution in [0.2, 0.25) is 0 Å². The molecule has 0 atom stereocenters. The molecule has 8 heteroatoms. The Balaban J connectivity index is 1.46. The highest BCUT2D eigenvalue weighted by Gasteiger charge is 2.23. The van der Waals surface area contributed by atoms with E-state index in [1.165, 1.54) is 0 Å². The summed E-state index contributed by atoms with van der Waals surface area (Å²) in [6.45, 7) is 4.06. The van der Waals surface area contributed by atoms with Crippen molar-refractivity contribution in [1.82, 2.24) is 14.9 Å². The normalized spacial score (nSPS) is 13.9. The van der Waals surface area contributed by atoms with Gasteiger partial charge in [0.25, 0.3) is 5.91 Å². The van der Waals surface area contributed by atoms with Crippen molar-refractivity contribution in [1.29, 1.82) is 0 Å². The zero-order valence-electron chi connectivity index (χ0n) is 16.1. The first-order chi connectivity index (χ1) is 13.6. The second kappa shape index (κ2) is 9.16. The van der Waals surface area contributed by atoms with Gasteiger partial charge in [-0.1, -0.05) is 17.7 Å². The molecule has 1 fully saturated rings. The van der Waals surface area contributed by atoms with Crippen LogP contribution in [0.5, 0.6) is 5.75 Å². The number of benzene rings is 1. The number of nitrogens with zero attached hydrogens (tertiary/aromatic N) is 4. The van der Waals surface area contributed by atoms with Gasteiger partial charge in [-0.05, 0) is 19.1 Å². The van der Waals surface area contributed by atoms with Gasteiger partial charge in [-0.15, -0.1) is 0 Å². The van der Waals surface area contributed by atoms with Crippen LogP contribution in [-0.2, 0) is 20.7 Å². The maximum absolute atomic E-state index is 12.3. The quantitative estimate of drug-likeness (QED) is 0.693. The fourth-order valence-electron chi connectivity index (χ4n) is 3.10. The summed E-state index contributed by atoms with van der Waals surface area (Å²) in [5.74, 6) is 0.646. The van der Waals surface area contributed by atoms with Gasteiger partial charge < -0.3 is 19.3 Å². The summed E-state index contributed by atoms with van der Waals surface area (Å²) in [6.07, 6.45) is 3.46. The number of methoxy groups -OCH3 is 1. The lowest BCUT2D eigenvalue weighted by Gasteiger charge is -2.34. The number of anilines is 1. The van der Waals surface area contributed by atoms with Crippen molar-refractivity contribution >= 4 is 17.8 Å². The molecule has 0 bridgehead atoms. The number of hydrogen-bond acceptors (Lipinski definition) is 7. The average molecular weight is 384 g/mol. The second-order valence-electron chi connectivity index (χ2n) is 6.57. The van der Waals surface area contributed by atoms with E-state index in [0.717, 1.165) is 11.1 Å². The number of aromatic nitrogens is 2. The van der Waals surface area contributed by atoms with E-state index in [2.05, 4.69) is 9.97 Å². The van der Waals surface area contributed by atoms with Crippen LogP contribution in [0.1, 0.15) is 11.1 Å². The third kappa shape index (κ3) is 4.97. The van der Waals surface area contributed by atoms with Crippen LogP contribution in [0, 0.1) is 6.92 Å². The first-order valence-electron chi connectivity index (χ1n) is 9.15. The minimum absolute atomic E-state index is 0.0667. The molecule has 148 valence electrons. The minimum atomic E-state index is -0.450. The number of carbonyl (C=O) groups is 2. The molecule has 0 spiro atoms. The molecule has 1 amide bonds. The molecular weight excluding hydrogens is 360 g/mol. The number of rotatable bonds is 6. The molecule has 3 rings (SSSR count). The van der Waals surface area contributed by atoms with Crippen molar-refractivity contribution in [3.8, 4) is 5.75 Å². The molecule has 1 aliphatic rings. The van der Waals surface area contributed by atoms with E-state index in [1.54, 1.807) is 30.5 Å². The fourth-order valence-corrected chi connectivity index (χ4v) is 3.10. The third-order valence-corrected chi connectivity index (χ3v) is 4.59. The Kier molecular flexibility index (Phi) is 6.41. The maximum Gasteiger partial charge on any atom is 0.310 e. The van der Waals surface area contributed by atoms with Gasteiger partial charge in [0, 0.05) is 44.1 Å². The number of amides is 1. The van der Waals surface area contributed by atoms with Gasteiger partial charge in [0.2, 0.25) is 5.95 Å². The zero-order valence-corrected chi connectivity index (χ0v) is 16.1. The Morgan fingerprint density at radius 2 is 1.82 bits per heavy atom. The van der Waals surface area contributed by atoms with Crippen molar-refractivity contribution in [2.75, 3.05) is 44.8 Å². The number of ether oxygens (including phenoxy) is 2. The Labute approximate surface area is 164 Å². The summed E-state index contributed by atoms with van der Waals surface area (Å²) in [7, 11) is 1.56. The standard InChI is InChI=1S/C20H24N4O4/c1-15-4-5-17(27-2)16(12-15)13-19(26)28-14-18(25)23-8-10-24(11-9-23)20-21-6-3-7-22-20/h3-7,12H,8-11,13-14H2,1-2H3. The zero-order chi connectivity index (χ0) is 19.9. The number of aryl methyl sites for hydroxylation is 1. The topological polar surface area (TPSA) is 84.9 Å². The molecule has 2 aromatic rings. The summed E-state index contributed by atoms with van der Waals surface area (Å²) in [5.41, 5.74) is 1.77. The largest absolute Gasteiger partial charge is 0.496 e. The maximum atomic E-state index is 12.3. The van der Waals surface area contributed by atoms with Gasteiger partial charge in [-0.2, -0.15) is 0 Å². The molecule has 0 unspecified atom stereocenters. The number of hydrogen-bond donors (Lipinski definition) is 0. The van der Waals surface area contributed by atoms with Crippen molar-refractivity contribution < 1.29 is 19.1 Å². The fraction of sp³-hybridized carbons (Fsp3) is 0.400. The monoisotopic (exact) mass is 384 g/mol. The highest BCUT2D eigenvalue weighted by atomic mass is 16.5. The van der Waals surface area contributed by atoms with Crippen LogP contribution in [0.15, 0.2) is 36.7 Å². The van der Waals surface area contributed by atoms with Gasteiger partial charge in [0.05, 0.1) is 13.5 Å². The molecule has 1 saturated heterocycles. The van der Waals surface area contributed by atoms with E-state index in [1.807, 2.05) is 30.0 Å². The van der Waals surface area contributed by atoms with Crippen LogP contribution < -0.4 is 9.64 Å². The van der Waals surface area contributed by atoms with E-state index in [-0.39, 0.29) is 18.9 Å². The Morgan fingerprint density at radius 1 is 1.11 bits per heavy atom. The predicted molar refractivity (Wildman–Crippen MR) is 103 cm³/mol. The third-order valence-electron chi connectivity index (χ3n) is 4.59. The molecule has 1 aliphatic heterocycles. The van der Waals surface area contributed by atoms with Crippen molar-refractivity contribution in [3.05, 3.63) is 47.8 Å². The first-order valence-corrected chi connectivity index (χ1v) is 9.15. The van der Waals surface area contributed by atoms with E-state index in [9.17, 15) is 9.59 Å². The van der Waals surface area contributed by atoms with Crippen LogP contribution in [0.25, 0.3) is 0 Å². The smallest absolute Gasteiger partial charge is 0.310 e. The molecule has 8 nitrogen and oxygen atoms in total. The second-order valence-corrected chi connectivity index (χ2v) is 6.57. The van der Waals surface area contributed by atoms with Gasteiger partial charge in [0.15, 0.2) is 6.61 Å². The molecule has 1 aromatic carbocycles. The lowest BCUT2D eigenvalue weighted by molar-refractivity contribution is -0.151. The van der Waals surface area contributed by atoms with Crippen LogP contribution in [0.3, 0.4) is 0 Å². The van der Waals surface area contributed by atoms with Gasteiger partial charge >= 0.3 is 5.97 Å². The molecule has 0 saturated carbocycles. The molecule has 1 aromatic heterocycles. The summed E-state index contributed by atoms with van der Waals surface area (Å²) in [4.78, 5) is 36.7. The summed E-state index contributed by atoms with van der Waals surface area (Å²) in [5, 5.41) is 0. The van der Waals surface area contributed by atoms with Gasteiger partial charge in [-0.25, -0.2) is 9.97 Å². The molecule has 0 radical (unpaired) electrons. The van der Waals surface area contributed by atoms with E-state index in [0.29, 0.717) is 37.9 Å². The van der Waals surface area contributed by atoms with Crippen molar-refractivity contribution in [2.24, 2.45) is 0 Å². The predicted octanol–water partition coefficient (Wildman–Crippen LogP) is 1.23. The first kappa shape index (κ1) is 19.6. The highest BCUT2D eigenvalue weighted by molar-refractivity contribution is 5.81. The Hall–Kier alpha value is -3.16. The lowest BCUT2D eigenvalue weighted by atomic mass is 10.1. The molecule has 2 heterocycles. The lowest BCUT2D eigenvalue weighted by Crippen LogP contribution is -2.50. The molecule has 28 heavy (non-hydrogen) atoms. The molecule has 0 aliphatic carbocycles. The van der Waals surface area contributed by atoms with Crippen LogP contribution in [-0.4, -0.2) is 66.6 Å². The van der Waals surface area contributed by atoms with Gasteiger partial charge in [-0.3, -0.25) is 9.59 Å². The average Bonchev–Trinajstić information content (AvgIpc) is 2.73. The molecule has 0 N–H and O–H groups in total. The van der Waals surface area contributed by atoms with Crippen LogP contribution >= 0.6 is 0 Å². The summed E-state index contributed by atoms with van der Waals surface area (Å²) < 4.78 is 10.5. The summed E-state index contributed by atoms with van der Waals surface area (Å²) in [6, 6.07) is 7.38. The van der Waals surface area contributed by atoms with E-state index < -0.39 is 5.97 Å².